The summed E-state index contributed by atoms with van der Waals surface area (Å²) in [6, 6.07) is 8.14. The Morgan fingerprint density at radius 1 is 1.29 bits per heavy atom. The monoisotopic (exact) mass is 363 g/mol. The molecule has 9 heteroatoms. The first kappa shape index (κ1) is 20.0. The van der Waals surface area contributed by atoms with Crippen LogP contribution < -0.4 is 16.0 Å². The van der Waals surface area contributed by atoms with Crippen molar-refractivity contribution in [3.05, 3.63) is 58.3 Å². The van der Waals surface area contributed by atoms with Gasteiger partial charge in [-0.25, -0.2) is 4.98 Å². The molecule has 0 unspecified atom stereocenters. The molecule has 0 fully saturated rings. The summed E-state index contributed by atoms with van der Waals surface area (Å²) in [6.07, 6.45) is -3.45. The second-order valence-electron chi connectivity index (χ2n) is 5.05. The third-order valence-electron chi connectivity index (χ3n) is 3.03. The molecule has 0 bridgehead atoms. The second-order valence-corrected chi connectivity index (χ2v) is 5.05. The number of nitrogens with two attached hydrogens (primary N) is 1. The minimum atomic E-state index is -4.56. The number of hydrogen-bond donors (Lipinski definition) is 1. The van der Waals surface area contributed by atoms with E-state index < -0.39 is 24.3 Å². The van der Waals surface area contributed by atoms with Crippen LogP contribution in [0, 0.1) is 0 Å². The van der Waals surface area contributed by atoms with Crippen LogP contribution in [-0.2, 0) is 13.2 Å². The number of nitrogens with zero attached hydrogens (tertiary/aromatic N) is 2. The molecule has 1 heterocycles. The van der Waals surface area contributed by atoms with E-state index in [1.165, 1.54) is 6.92 Å². The van der Waals surface area contributed by atoms with Crippen LogP contribution in [0.15, 0.2) is 41.3 Å². The summed E-state index contributed by atoms with van der Waals surface area (Å²) >= 11 is 0. The number of rotatable bonds is 5. The summed E-state index contributed by atoms with van der Waals surface area (Å²) in [5.41, 5.74) is 5.47. The molecule has 0 aliphatic heterocycles. The van der Waals surface area contributed by atoms with E-state index in [0.717, 1.165) is 11.8 Å². The van der Waals surface area contributed by atoms with Gasteiger partial charge < -0.3 is 10.5 Å². The van der Waals surface area contributed by atoms with E-state index in [4.69, 9.17) is 10.5 Å². The SMILES string of the molecule is C[C@H](N)c1ncc(OCc2ccccc2)c(=O)n1CC(F)(F)F.Cl. The first-order valence-corrected chi connectivity index (χ1v) is 6.86. The van der Waals surface area contributed by atoms with Crippen molar-refractivity contribution in [2.45, 2.75) is 32.3 Å². The van der Waals surface area contributed by atoms with E-state index >= 15 is 0 Å². The molecule has 0 aliphatic carbocycles. The fourth-order valence-electron chi connectivity index (χ4n) is 2.02. The van der Waals surface area contributed by atoms with Crippen molar-refractivity contribution in [2.24, 2.45) is 5.73 Å². The third kappa shape index (κ3) is 5.24. The number of aromatic nitrogens is 2. The second kappa shape index (κ2) is 8.16. The lowest BCUT2D eigenvalue weighted by molar-refractivity contribution is -0.141. The molecule has 2 rings (SSSR count). The molecule has 132 valence electrons. The van der Waals surface area contributed by atoms with Crippen molar-refractivity contribution in [3.63, 3.8) is 0 Å². The molecule has 0 saturated carbocycles. The number of ether oxygens (including phenoxy) is 1. The minimum absolute atomic E-state index is 0. The predicted octanol–water partition coefficient (Wildman–Crippen LogP) is 2.83. The van der Waals surface area contributed by atoms with Gasteiger partial charge in [0.2, 0.25) is 5.75 Å². The largest absolute Gasteiger partial charge is 0.482 e. The summed E-state index contributed by atoms with van der Waals surface area (Å²) in [6.45, 7) is 0.0543. The van der Waals surface area contributed by atoms with Crippen molar-refractivity contribution in [1.29, 1.82) is 0 Å². The molecule has 0 amide bonds. The molecule has 0 saturated heterocycles. The molecular formula is C15H17ClF3N3O2. The van der Waals surface area contributed by atoms with Crippen LogP contribution in [0.5, 0.6) is 5.75 Å². The lowest BCUT2D eigenvalue weighted by atomic mass is 10.2. The molecule has 0 aliphatic rings. The number of benzene rings is 1. The smallest absolute Gasteiger partial charge is 0.406 e. The first-order valence-electron chi connectivity index (χ1n) is 6.86. The molecular weight excluding hydrogens is 347 g/mol. The predicted molar refractivity (Wildman–Crippen MR) is 85.2 cm³/mol. The van der Waals surface area contributed by atoms with E-state index in [1.54, 1.807) is 24.3 Å². The van der Waals surface area contributed by atoms with E-state index in [9.17, 15) is 18.0 Å². The maximum absolute atomic E-state index is 12.7. The van der Waals surface area contributed by atoms with Gasteiger partial charge >= 0.3 is 6.18 Å². The fourth-order valence-corrected chi connectivity index (χ4v) is 2.02. The molecule has 5 nitrogen and oxygen atoms in total. The van der Waals surface area contributed by atoms with Gasteiger partial charge in [0.15, 0.2) is 0 Å². The van der Waals surface area contributed by atoms with Crippen molar-refractivity contribution < 1.29 is 17.9 Å². The normalized spacial score (nSPS) is 12.4. The summed E-state index contributed by atoms with van der Waals surface area (Å²) in [7, 11) is 0. The van der Waals surface area contributed by atoms with E-state index in [0.29, 0.717) is 4.57 Å². The molecule has 1 aromatic carbocycles. The fraction of sp³-hybridized carbons (Fsp3) is 0.333. The van der Waals surface area contributed by atoms with Crippen molar-refractivity contribution >= 4 is 12.4 Å². The van der Waals surface area contributed by atoms with Crippen molar-refractivity contribution in [2.75, 3.05) is 0 Å². The zero-order chi connectivity index (χ0) is 17.0. The molecule has 0 spiro atoms. The van der Waals surface area contributed by atoms with Crippen molar-refractivity contribution in [1.82, 2.24) is 9.55 Å². The van der Waals surface area contributed by atoms with Gasteiger partial charge in [0.25, 0.3) is 5.56 Å². The van der Waals surface area contributed by atoms with Crippen LogP contribution in [0.1, 0.15) is 24.4 Å². The topological polar surface area (TPSA) is 70.1 Å². The number of hydrogen-bond acceptors (Lipinski definition) is 4. The highest BCUT2D eigenvalue weighted by atomic mass is 35.5. The Balaban J connectivity index is 0.00000288. The molecule has 0 radical (unpaired) electrons. The summed E-state index contributed by atoms with van der Waals surface area (Å²) in [5.74, 6) is -0.387. The van der Waals surface area contributed by atoms with Crippen molar-refractivity contribution in [3.8, 4) is 5.75 Å². The highest BCUT2D eigenvalue weighted by molar-refractivity contribution is 5.85. The third-order valence-corrected chi connectivity index (χ3v) is 3.03. The Labute approximate surface area is 142 Å². The Morgan fingerprint density at radius 2 is 1.92 bits per heavy atom. The van der Waals surface area contributed by atoms with Gasteiger partial charge in [-0.1, -0.05) is 30.3 Å². The van der Waals surface area contributed by atoms with Crippen LogP contribution in [0.3, 0.4) is 0 Å². The Kier molecular flexibility index (Phi) is 6.80. The van der Waals surface area contributed by atoms with Gasteiger partial charge in [0, 0.05) is 0 Å². The molecule has 24 heavy (non-hydrogen) atoms. The molecule has 2 aromatic rings. The van der Waals surface area contributed by atoms with Gasteiger partial charge in [0.05, 0.1) is 12.2 Å². The summed E-state index contributed by atoms with van der Waals surface area (Å²) < 4.78 is 43.8. The quantitative estimate of drug-likeness (QED) is 0.886. The average molecular weight is 364 g/mol. The van der Waals surface area contributed by atoms with Gasteiger partial charge in [0.1, 0.15) is 19.0 Å². The van der Waals surface area contributed by atoms with Crippen LogP contribution >= 0.6 is 12.4 Å². The van der Waals surface area contributed by atoms with Gasteiger partial charge in [-0.05, 0) is 12.5 Å². The van der Waals surface area contributed by atoms with Crippen LogP contribution in [0.25, 0.3) is 0 Å². The zero-order valence-corrected chi connectivity index (χ0v) is 13.6. The lowest BCUT2D eigenvalue weighted by Gasteiger charge is -2.17. The summed E-state index contributed by atoms with van der Waals surface area (Å²) in [4.78, 5) is 16.1. The van der Waals surface area contributed by atoms with E-state index in [2.05, 4.69) is 4.98 Å². The van der Waals surface area contributed by atoms with E-state index in [1.807, 2.05) is 6.07 Å². The Hall–Kier alpha value is -2.06. The maximum atomic E-state index is 12.7. The number of halogens is 4. The minimum Gasteiger partial charge on any atom is -0.482 e. The maximum Gasteiger partial charge on any atom is 0.406 e. The Morgan fingerprint density at radius 3 is 2.46 bits per heavy atom. The van der Waals surface area contributed by atoms with Gasteiger partial charge in [-0.3, -0.25) is 9.36 Å². The highest BCUT2D eigenvalue weighted by Crippen LogP contribution is 2.19. The molecule has 1 atom stereocenters. The van der Waals surface area contributed by atoms with E-state index in [-0.39, 0.29) is 30.6 Å². The van der Waals surface area contributed by atoms with Crippen LogP contribution in [0.2, 0.25) is 0 Å². The molecule has 2 N–H and O–H groups in total. The Bertz CT molecular complexity index is 718. The first-order chi connectivity index (χ1) is 10.8. The highest BCUT2D eigenvalue weighted by Gasteiger charge is 2.31. The van der Waals surface area contributed by atoms with Crippen LogP contribution in [0.4, 0.5) is 13.2 Å². The standard InChI is InChI=1S/C15H16F3N3O2.ClH/c1-10(19)13-20-7-12(14(22)21(13)9-15(16,17)18)23-8-11-5-3-2-4-6-11;/h2-7,10H,8-9,19H2,1H3;1H/t10-;/m0./s1. The average Bonchev–Trinajstić information content (AvgIpc) is 2.47. The summed E-state index contributed by atoms with van der Waals surface area (Å²) in [5, 5.41) is 0. The lowest BCUT2D eigenvalue weighted by Crippen LogP contribution is -2.34. The van der Waals surface area contributed by atoms with Gasteiger partial charge in [-0.2, -0.15) is 13.2 Å². The zero-order valence-electron chi connectivity index (χ0n) is 12.8. The molecule has 1 aromatic heterocycles. The van der Waals surface area contributed by atoms with Crippen LogP contribution in [-0.4, -0.2) is 15.7 Å². The number of alkyl halides is 3. The van der Waals surface area contributed by atoms with Gasteiger partial charge in [-0.15, -0.1) is 12.4 Å².